The average molecular weight is 588 g/mol. The fourth-order valence-electron chi connectivity index (χ4n) is 4.77. The van der Waals surface area contributed by atoms with Gasteiger partial charge in [0.2, 0.25) is 10.0 Å². The Morgan fingerprint density at radius 3 is 2.12 bits per heavy atom. The van der Waals surface area contributed by atoms with Crippen LogP contribution in [0.3, 0.4) is 0 Å². The maximum atomic E-state index is 14.1. The minimum Gasteiger partial charge on any atom is -0.465 e. The largest absolute Gasteiger partial charge is 0.465 e. The van der Waals surface area contributed by atoms with Gasteiger partial charge in [0.05, 0.1) is 22.5 Å². The summed E-state index contributed by atoms with van der Waals surface area (Å²) >= 11 is 0. The summed E-state index contributed by atoms with van der Waals surface area (Å²) in [7, 11) is -4.23. The molecule has 0 saturated heterocycles. The van der Waals surface area contributed by atoms with Gasteiger partial charge >= 0.3 is 5.97 Å². The minimum atomic E-state index is -4.23. The molecule has 4 aromatic rings. The first-order chi connectivity index (χ1) is 20.1. The number of carbonyl (C=O) groups is 1. The molecule has 0 saturated carbocycles. The lowest BCUT2D eigenvalue weighted by atomic mass is 9.80. The number of non-ortho nitro benzene ring substituents is 1. The third-order valence-corrected chi connectivity index (χ3v) is 8.37. The fraction of sp³-hybridized carbons (Fsp3) is 0.219. The van der Waals surface area contributed by atoms with E-state index in [4.69, 9.17) is 4.74 Å². The molecule has 2 N–H and O–H groups in total. The Bertz CT molecular complexity index is 1610. The van der Waals surface area contributed by atoms with Crippen molar-refractivity contribution in [3.05, 3.63) is 142 Å². The number of rotatable bonds is 13. The molecule has 10 heteroatoms. The highest BCUT2D eigenvalue weighted by Gasteiger charge is 2.49. The summed E-state index contributed by atoms with van der Waals surface area (Å²) in [6.07, 6.45) is 0.0171. The third-order valence-electron chi connectivity index (χ3n) is 6.93. The van der Waals surface area contributed by atoms with E-state index in [0.717, 1.165) is 16.7 Å². The zero-order chi connectivity index (χ0) is 30.2. The van der Waals surface area contributed by atoms with Crippen LogP contribution in [0.1, 0.15) is 35.2 Å². The highest BCUT2D eigenvalue weighted by Crippen LogP contribution is 2.35. The molecule has 0 aliphatic carbocycles. The quantitative estimate of drug-likeness (QED) is 0.124. The summed E-state index contributed by atoms with van der Waals surface area (Å²) in [5.74, 6) is -0.701. The van der Waals surface area contributed by atoms with E-state index < -0.39 is 32.5 Å². The number of carbonyl (C=O) groups excluding carboxylic acids is 1. The Labute approximate surface area is 245 Å². The highest BCUT2D eigenvalue weighted by molar-refractivity contribution is 7.89. The van der Waals surface area contributed by atoms with Crippen molar-refractivity contribution in [2.75, 3.05) is 6.61 Å². The number of nitrogens with one attached hydrogen (secondary N) is 2. The molecule has 218 valence electrons. The number of hydrogen-bond donors (Lipinski definition) is 2. The number of nitro groups is 1. The predicted molar refractivity (Wildman–Crippen MR) is 160 cm³/mol. The molecule has 0 unspecified atom stereocenters. The predicted octanol–water partition coefficient (Wildman–Crippen LogP) is 5.26. The molecule has 0 aliphatic rings. The van der Waals surface area contributed by atoms with Crippen molar-refractivity contribution in [2.45, 2.75) is 43.3 Å². The van der Waals surface area contributed by atoms with Crippen LogP contribution in [0.15, 0.2) is 114 Å². The number of benzene rings is 4. The van der Waals surface area contributed by atoms with Crippen LogP contribution >= 0.6 is 0 Å². The van der Waals surface area contributed by atoms with E-state index in [1.54, 1.807) is 25.1 Å². The molecule has 0 aliphatic heterocycles. The maximum Gasteiger partial charge on any atom is 0.328 e. The molecular formula is C32H33N3O6S. The lowest BCUT2D eigenvalue weighted by molar-refractivity contribution is -0.384. The molecule has 4 rings (SSSR count). The Balaban J connectivity index is 1.95. The van der Waals surface area contributed by atoms with Crippen molar-refractivity contribution >= 4 is 21.7 Å². The number of ether oxygens (including phenoxy) is 1. The van der Waals surface area contributed by atoms with Crippen LogP contribution in [0.25, 0.3) is 0 Å². The standard InChI is InChI=1S/C32H33N3O6S/c1-3-41-31(36)32(22-25-11-6-4-7-12-25,33-23-26-13-8-5-9-14-26)30(27-15-10-16-28(21-27)35(37)38)34-42(39,40)29-19-17-24(2)18-20-29/h4-21,30,33-34H,3,22-23H2,1-2H3/t30-,32+/m1/s1. The molecule has 0 heterocycles. The van der Waals surface area contributed by atoms with Gasteiger partial charge in [-0.1, -0.05) is 90.5 Å². The lowest BCUT2D eigenvalue weighted by Crippen LogP contribution is -2.62. The van der Waals surface area contributed by atoms with E-state index in [9.17, 15) is 23.3 Å². The average Bonchev–Trinajstić information content (AvgIpc) is 2.99. The van der Waals surface area contributed by atoms with E-state index in [0.29, 0.717) is 0 Å². The Kier molecular flexibility index (Phi) is 9.84. The number of nitrogens with zero attached hydrogens (tertiary/aromatic N) is 1. The van der Waals surface area contributed by atoms with Crippen molar-refractivity contribution in [2.24, 2.45) is 0 Å². The van der Waals surface area contributed by atoms with E-state index >= 15 is 0 Å². The number of nitro benzene ring substituents is 1. The van der Waals surface area contributed by atoms with E-state index in [1.165, 1.54) is 30.3 Å². The Morgan fingerprint density at radius 1 is 0.905 bits per heavy atom. The monoisotopic (exact) mass is 587 g/mol. The van der Waals surface area contributed by atoms with Crippen LogP contribution in [-0.4, -0.2) is 31.5 Å². The Hall–Kier alpha value is -4.38. The molecule has 0 aromatic heterocycles. The molecule has 0 spiro atoms. The van der Waals surface area contributed by atoms with E-state index in [1.807, 2.05) is 67.6 Å². The molecule has 9 nitrogen and oxygen atoms in total. The highest BCUT2D eigenvalue weighted by atomic mass is 32.2. The zero-order valence-electron chi connectivity index (χ0n) is 23.4. The summed E-state index contributed by atoms with van der Waals surface area (Å²) in [5, 5.41) is 15.1. The van der Waals surface area contributed by atoms with Crippen molar-refractivity contribution < 1.29 is 22.9 Å². The first kappa shape index (κ1) is 30.6. The summed E-state index contributed by atoms with van der Waals surface area (Å²) in [5.41, 5.74) is 0.713. The summed E-state index contributed by atoms with van der Waals surface area (Å²) < 4.78 is 36.1. The number of sulfonamides is 1. The van der Waals surface area contributed by atoms with E-state index in [2.05, 4.69) is 10.0 Å². The van der Waals surface area contributed by atoms with Gasteiger partial charge in [0.1, 0.15) is 5.54 Å². The second-order valence-corrected chi connectivity index (χ2v) is 11.6. The van der Waals surface area contributed by atoms with Gasteiger partial charge in [-0.25, -0.2) is 17.9 Å². The van der Waals surface area contributed by atoms with E-state index in [-0.39, 0.29) is 35.7 Å². The van der Waals surface area contributed by atoms with Gasteiger partial charge in [-0.15, -0.1) is 0 Å². The summed E-state index contributed by atoms with van der Waals surface area (Å²) in [4.78, 5) is 25.3. The van der Waals surface area contributed by atoms with Crippen LogP contribution in [0.5, 0.6) is 0 Å². The molecule has 0 amide bonds. The second kappa shape index (κ2) is 13.5. The van der Waals surface area contributed by atoms with Crippen LogP contribution < -0.4 is 10.0 Å². The lowest BCUT2D eigenvalue weighted by Gasteiger charge is -2.40. The summed E-state index contributed by atoms with van der Waals surface area (Å²) in [6.45, 7) is 3.73. The number of hydrogen-bond acceptors (Lipinski definition) is 7. The zero-order valence-corrected chi connectivity index (χ0v) is 24.2. The topological polar surface area (TPSA) is 128 Å². The van der Waals surface area contributed by atoms with Gasteiger partial charge in [-0.05, 0) is 42.7 Å². The van der Waals surface area contributed by atoms with Crippen LogP contribution in [0, 0.1) is 17.0 Å². The van der Waals surface area contributed by atoms with Gasteiger partial charge < -0.3 is 4.74 Å². The molecule has 42 heavy (non-hydrogen) atoms. The van der Waals surface area contributed by atoms with Gasteiger partial charge in [-0.2, -0.15) is 0 Å². The maximum absolute atomic E-state index is 14.1. The molecule has 0 radical (unpaired) electrons. The first-order valence-corrected chi connectivity index (χ1v) is 15.0. The minimum absolute atomic E-state index is 0.0101. The third kappa shape index (κ3) is 7.27. The second-order valence-electron chi connectivity index (χ2n) is 9.91. The molecule has 4 aromatic carbocycles. The van der Waals surface area contributed by atoms with Crippen LogP contribution in [0.2, 0.25) is 0 Å². The smallest absolute Gasteiger partial charge is 0.328 e. The number of esters is 1. The van der Waals surface area contributed by atoms with Crippen molar-refractivity contribution in [1.82, 2.24) is 10.0 Å². The molecule has 0 bridgehead atoms. The van der Waals surface area contributed by atoms with Crippen LogP contribution in [-0.2, 0) is 32.5 Å². The van der Waals surface area contributed by atoms with Crippen molar-refractivity contribution in [3.8, 4) is 0 Å². The fourth-order valence-corrected chi connectivity index (χ4v) is 6.05. The Morgan fingerprint density at radius 2 is 1.52 bits per heavy atom. The van der Waals surface area contributed by atoms with Gasteiger partial charge in [-0.3, -0.25) is 15.4 Å². The van der Waals surface area contributed by atoms with Gasteiger partial charge in [0, 0.05) is 25.1 Å². The molecule has 0 fully saturated rings. The van der Waals surface area contributed by atoms with Gasteiger partial charge in [0.25, 0.3) is 5.69 Å². The molecule has 2 atom stereocenters. The summed E-state index contributed by atoms with van der Waals surface area (Å²) in [6, 6.07) is 29.1. The molecular weight excluding hydrogens is 554 g/mol. The van der Waals surface area contributed by atoms with Crippen molar-refractivity contribution in [1.29, 1.82) is 0 Å². The first-order valence-electron chi connectivity index (χ1n) is 13.5. The van der Waals surface area contributed by atoms with Crippen molar-refractivity contribution in [3.63, 3.8) is 0 Å². The normalized spacial score (nSPS) is 13.6. The van der Waals surface area contributed by atoms with Crippen LogP contribution in [0.4, 0.5) is 5.69 Å². The SMILES string of the molecule is CCOC(=O)[C@@](Cc1ccccc1)(NCc1ccccc1)[C@H](NS(=O)(=O)c1ccc(C)cc1)c1cccc([N+](=O)[O-])c1. The number of aryl methyl sites for hydroxylation is 1. The van der Waals surface area contributed by atoms with Gasteiger partial charge in [0.15, 0.2) is 0 Å².